The number of rotatable bonds is 4. The maximum Gasteiger partial charge on any atom is 0.0572 e. The molecule has 0 aliphatic carbocycles. The predicted molar refractivity (Wildman–Crippen MR) is 54.8 cm³/mol. The van der Waals surface area contributed by atoms with Crippen molar-refractivity contribution in [3.8, 4) is 0 Å². The summed E-state index contributed by atoms with van der Waals surface area (Å²) >= 11 is 5.77. The number of hydrogen-bond acceptors (Lipinski definition) is 2. The molecule has 0 aliphatic heterocycles. The van der Waals surface area contributed by atoms with Crippen molar-refractivity contribution in [3.05, 3.63) is 34.9 Å². The summed E-state index contributed by atoms with van der Waals surface area (Å²) in [7, 11) is 1.62. The second-order valence-corrected chi connectivity index (χ2v) is 3.49. The highest BCUT2D eigenvalue weighted by Gasteiger charge is 2.01. The van der Waals surface area contributed by atoms with Gasteiger partial charge in [0.25, 0.3) is 0 Å². The van der Waals surface area contributed by atoms with Gasteiger partial charge >= 0.3 is 0 Å². The van der Waals surface area contributed by atoms with Crippen molar-refractivity contribution in [2.24, 2.45) is 0 Å². The minimum absolute atomic E-state index is 0.311. The molecule has 1 N–H and O–H groups in total. The lowest BCUT2D eigenvalue weighted by Crippen LogP contribution is -2.26. The number of benzene rings is 1. The van der Waals surface area contributed by atoms with Gasteiger partial charge in [-0.05, 0) is 31.0 Å². The smallest absolute Gasteiger partial charge is 0.0572 e. The van der Waals surface area contributed by atoms with Crippen molar-refractivity contribution >= 4 is 11.6 Å². The van der Waals surface area contributed by atoms with Crippen molar-refractivity contribution in [2.75, 3.05) is 7.11 Å². The van der Waals surface area contributed by atoms with E-state index < -0.39 is 0 Å². The molecule has 0 aliphatic rings. The number of hydroxylamine groups is 1. The third-order valence-corrected chi connectivity index (χ3v) is 2.03. The van der Waals surface area contributed by atoms with Crippen molar-refractivity contribution in [1.29, 1.82) is 0 Å². The largest absolute Gasteiger partial charge is 0.305 e. The molecule has 0 saturated heterocycles. The van der Waals surface area contributed by atoms with Gasteiger partial charge in [-0.3, -0.25) is 0 Å². The van der Waals surface area contributed by atoms with Gasteiger partial charge < -0.3 is 4.84 Å². The average Bonchev–Trinajstić information content (AvgIpc) is 2.09. The van der Waals surface area contributed by atoms with E-state index in [0.29, 0.717) is 6.04 Å². The van der Waals surface area contributed by atoms with Crippen LogP contribution in [0.1, 0.15) is 12.5 Å². The molecule has 0 amide bonds. The Bertz CT molecular complexity index is 248. The van der Waals surface area contributed by atoms with E-state index in [0.717, 1.165) is 11.4 Å². The standard InChI is InChI=1S/C10H14ClNO/c1-8(12-13-2)7-9-3-5-10(11)6-4-9/h3-6,8,12H,7H2,1-2H3/t8-/m1/s1. The van der Waals surface area contributed by atoms with Crippen LogP contribution in [0.25, 0.3) is 0 Å². The summed E-state index contributed by atoms with van der Waals surface area (Å²) in [6, 6.07) is 8.16. The zero-order valence-electron chi connectivity index (χ0n) is 7.88. The van der Waals surface area contributed by atoms with Crippen molar-refractivity contribution in [3.63, 3.8) is 0 Å². The molecule has 0 spiro atoms. The van der Waals surface area contributed by atoms with Crippen molar-refractivity contribution in [1.82, 2.24) is 5.48 Å². The molecule has 13 heavy (non-hydrogen) atoms. The van der Waals surface area contributed by atoms with E-state index in [2.05, 4.69) is 12.4 Å². The molecular formula is C10H14ClNO. The number of halogens is 1. The SMILES string of the molecule is CON[C@H](C)Cc1ccc(Cl)cc1. The first-order chi connectivity index (χ1) is 6.22. The number of nitrogens with one attached hydrogen (secondary N) is 1. The van der Waals surface area contributed by atoms with E-state index in [1.165, 1.54) is 5.56 Å². The maximum atomic E-state index is 5.77. The zero-order valence-corrected chi connectivity index (χ0v) is 8.64. The molecule has 1 aromatic rings. The summed E-state index contributed by atoms with van der Waals surface area (Å²) in [4.78, 5) is 4.82. The highest BCUT2D eigenvalue weighted by Crippen LogP contribution is 2.10. The Morgan fingerprint density at radius 3 is 2.54 bits per heavy atom. The third-order valence-electron chi connectivity index (χ3n) is 1.77. The van der Waals surface area contributed by atoms with Gasteiger partial charge in [-0.2, -0.15) is 5.48 Å². The van der Waals surface area contributed by atoms with Gasteiger partial charge in [0.15, 0.2) is 0 Å². The topological polar surface area (TPSA) is 21.3 Å². The second-order valence-electron chi connectivity index (χ2n) is 3.05. The molecule has 0 bridgehead atoms. The first-order valence-corrected chi connectivity index (χ1v) is 4.63. The normalized spacial score (nSPS) is 12.8. The Morgan fingerprint density at radius 1 is 1.38 bits per heavy atom. The van der Waals surface area contributed by atoms with Crippen LogP contribution in [0.15, 0.2) is 24.3 Å². The van der Waals surface area contributed by atoms with Gasteiger partial charge in [0.05, 0.1) is 7.11 Å². The van der Waals surface area contributed by atoms with Crippen molar-refractivity contribution in [2.45, 2.75) is 19.4 Å². The maximum absolute atomic E-state index is 5.77. The van der Waals surface area contributed by atoms with E-state index in [4.69, 9.17) is 16.4 Å². The van der Waals surface area contributed by atoms with E-state index in [-0.39, 0.29) is 0 Å². The van der Waals surface area contributed by atoms with Crippen LogP contribution in [0.2, 0.25) is 5.02 Å². The summed E-state index contributed by atoms with van der Waals surface area (Å²) in [6.07, 6.45) is 0.936. The van der Waals surface area contributed by atoms with Crippen LogP contribution >= 0.6 is 11.6 Å². The first kappa shape index (κ1) is 10.5. The summed E-state index contributed by atoms with van der Waals surface area (Å²) in [5.74, 6) is 0. The fourth-order valence-electron chi connectivity index (χ4n) is 1.22. The fraction of sp³-hybridized carbons (Fsp3) is 0.400. The quantitative estimate of drug-likeness (QED) is 0.753. The second kappa shape index (κ2) is 5.22. The van der Waals surface area contributed by atoms with Crippen LogP contribution in [0.4, 0.5) is 0 Å². The minimum atomic E-state index is 0.311. The molecule has 1 rings (SSSR count). The summed E-state index contributed by atoms with van der Waals surface area (Å²) < 4.78 is 0. The van der Waals surface area contributed by atoms with Crippen LogP contribution in [0.5, 0.6) is 0 Å². The monoisotopic (exact) mass is 199 g/mol. The molecule has 0 radical (unpaired) electrons. The van der Waals surface area contributed by atoms with Gasteiger partial charge in [-0.25, -0.2) is 0 Å². The van der Waals surface area contributed by atoms with Crippen LogP contribution in [-0.2, 0) is 11.3 Å². The molecule has 2 nitrogen and oxygen atoms in total. The van der Waals surface area contributed by atoms with E-state index in [9.17, 15) is 0 Å². The predicted octanol–water partition coefficient (Wildman–Crippen LogP) is 2.42. The molecule has 0 fully saturated rings. The van der Waals surface area contributed by atoms with E-state index in [1.807, 2.05) is 24.3 Å². The van der Waals surface area contributed by atoms with E-state index >= 15 is 0 Å². The Hall–Kier alpha value is -0.570. The Kier molecular flexibility index (Phi) is 4.22. The lowest BCUT2D eigenvalue weighted by atomic mass is 10.1. The minimum Gasteiger partial charge on any atom is -0.305 e. The Morgan fingerprint density at radius 2 is 2.00 bits per heavy atom. The fourth-order valence-corrected chi connectivity index (χ4v) is 1.34. The van der Waals surface area contributed by atoms with Gasteiger partial charge in [0, 0.05) is 11.1 Å². The molecule has 0 saturated carbocycles. The molecule has 0 aromatic heterocycles. The Labute approximate surface area is 83.8 Å². The highest BCUT2D eigenvalue weighted by molar-refractivity contribution is 6.30. The summed E-state index contributed by atoms with van der Waals surface area (Å²) in [5, 5.41) is 0.774. The Balaban J connectivity index is 2.49. The molecule has 1 atom stereocenters. The lowest BCUT2D eigenvalue weighted by Gasteiger charge is -2.11. The lowest BCUT2D eigenvalue weighted by molar-refractivity contribution is 0.0661. The molecular weight excluding hydrogens is 186 g/mol. The van der Waals surface area contributed by atoms with Crippen LogP contribution in [-0.4, -0.2) is 13.2 Å². The van der Waals surface area contributed by atoms with Gasteiger partial charge in [0.2, 0.25) is 0 Å². The molecule has 1 aromatic carbocycles. The van der Waals surface area contributed by atoms with Crippen molar-refractivity contribution < 1.29 is 4.84 Å². The summed E-state index contributed by atoms with van der Waals surface area (Å²) in [6.45, 7) is 2.07. The van der Waals surface area contributed by atoms with Gasteiger partial charge in [-0.15, -0.1) is 0 Å². The molecule has 3 heteroatoms. The van der Waals surface area contributed by atoms with Gasteiger partial charge in [0.1, 0.15) is 0 Å². The third kappa shape index (κ3) is 3.77. The van der Waals surface area contributed by atoms with Crippen LogP contribution in [0.3, 0.4) is 0 Å². The van der Waals surface area contributed by atoms with Crippen LogP contribution in [0, 0.1) is 0 Å². The molecule has 0 heterocycles. The number of hydrogen-bond donors (Lipinski definition) is 1. The molecule has 0 unspecified atom stereocenters. The van der Waals surface area contributed by atoms with Crippen LogP contribution < -0.4 is 5.48 Å². The van der Waals surface area contributed by atoms with Gasteiger partial charge in [-0.1, -0.05) is 23.7 Å². The zero-order chi connectivity index (χ0) is 9.68. The average molecular weight is 200 g/mol. The highest BCUT2D eigenvalue weighted by atomic mass is 35.5. The van der Waals surface area contributed by atoms with E-state index in [1.54, 1.807) is 7.11 Å². The first-order valence-electron chi connectivity index (χ1n) is 4.25. The molecule has 72 valence electrons. The summed E-state index contributed by atoms with van der Waals surface area (Å²) in [5.41, 5.74) is 4.13.